The van der Waals surface area contributed by atoms with E-state index in [4.69, 9.17) is 5.73 Å². The third-order valence-electron chi connectivity index (χ3n) is 4.38. The van der Waals surface area contributed by atoms with E-state index in [0.29, 0.717) is 6.54 Å². The van der Waals surface area contributed by atoms with Gasteiger partial charge in [-0.25, -0.2) is 0 Å². The van der Waals surface area contributed by atoms with E-state index in [2.05, 4.69) is 29.2 Å². The molecule has 1 atom stereocenters. The molecule has 1 amide bonds. The Morgan fingerprint density at radius 2 is 2.05 bits per heavy atom. The van der Waals surface area contributed by atoms with Crippen LogP contribution in [-0.2, 0) is 17.8 Å². The number of fused-ring (bicyclic) bond motifs is 1. The van der Waals surface area contributed by atoms with E-state index >= 15 is 0 Å². The second-order valence-electron chi connectivity index (χ2n) is 5.97. The first-order valence-corrected chi connectivity index (χ1v) is 7.55. The highest BCUT2D eigenvalue weighted by molar-refractivity contribution is 5.78. The van der Waals surface area contributed by atoms with E-state index in [-0.39, 0.29) is 11.9 Å². The van der Waals surface area contributed by atoms with Crippen LogP contribution in [0.15, 0.2) is 24.3 Å². The Morgan fingerprint density at radius 3 is 2.85 bits per heavy atom. The molecule has 108 valence electrons. The van der Waals surface area contributed by atoms with Crippen molar-refractivity contribution in [1.29, 1.82) is 0 Å². The van der Waals surface area contributed by atoms with Gasteiger partial charge in [0.15, 0.2) is 0 Å². The van der Waals surface area contributed by atoms with Crippen molar-refractivity contribution in [3.05, 3.63) is 35.4 Å². The van der Waals surface area contributed by atoms with Crippen LogP contribution in [0, 0.1) is 0 Å². The first-order chi connectivity index (χ1) is 9.72. The summed E-state index contributed by atoms with van der Waals surface area (Å²) in [6, 6.07) is 8.66. The number of amides is 1. The molecule has 2 aliphatic heterocycles. The molecule has 1 aromatic rings. The van der Waals surface area contributed by atoms with Gasteiger partial charge in [-0.3, -0.25) is 9.69 Å². The van der Waals surface area contributed by atoms with Gasteiger partial charge in [-0.1, -0.05) is 24.3 Å². The van der Waals surface area contributed by atoms with Gasteiger partial charge >= 0.3 is 0 Å². The SMILES string of the molecule is N[C@@H]1CCCN(CC(=O)N2CCc3ccccc3C2)C1. The van der Waals surface area contributed by atoms with Gasteiger partial charge in [0, 0.05) is 25.7 Å². The van der Waals surface area contributed by atoms with E-state index in [0.717, 1.165) is 45.4 Å². The monoisotopic (exact) mass is 273 g/mol. The predicted octanol–water partition coefficient (Wildman–Crippen LogP) is 0.994. The highest BCUT2D eigenvalue weighted by Gasteiger charge is 2.24. The van der Waals surface area contributed by atoms with Crippen LogP contribution in [0.3, 0.4) is 0 Å². The molecule has 2 aliphatic rings. The third kappa shape index (κ3) is 3.02. The van der Waals surface area contributed by atoms with Crippen LogP contribution in [0.5, 0.6) is 0 Å². The molecule has 0 radical (unpaired) electrons. The summed E-state index contributed by atoms with van der Waals surface area (Å²) in [6.07, 6.45) is 3.17. The number of nitrogens with zero attached hydrogens (tertiary/aromatic N) is 2. The standard InChI is InChI=1S/C16H23N3O/c17-15-6-3-8-18(11-15)12-16(20)19-9-7-13-4-1-2-5-14(13)10-19/h1-2,4-5,15H,3,6-12,17H2/t15-/m1/s1. The first kappa shape index (κ1) is 13.6. The number of benzene rings is 1. The summed E-state index contributed by atoms with van der Waals surface area (Å²) in [7, 11) is 0. The number of carbonyl (C=O) groups excluding carboxylic acids is 1. The van der Waals surface area contributed by atoms with Crippen molar-refractivity contribution < 1.29 is 4.79 Å². The van der Waals surface area contributed by atoms with Crippen molar-refractivity contribution in [3.8, 4) is 0 Å². The maximum absolute atomic E-state index is 12.4. The lowest BCUT2D eigenvalue weighted by atomic mass is 10.00. The Labute approximate surface area is 120 Å². The number of nitrogens with two attached hydrogens (primary N) is 1. The Kier molecular flexibility index (Phi) is 4.03. The maximum Gasteiger partial charge on any atom is 0.237 e. The highest BCUT2D eigenvalue weighted by atomic mass is 16.2. The first-order valence-electron chi connectivity index (χ1n) is 7.55. The average Bonchev–Trinajstić information content (AvgIpc) is 2.47. The van der Waals surface area contributed by atoms with Gasteiger partial charge in [-0.2, -0.15) is 0 Å². The van der Waals surface area contributed by atoms with Crippen LogP contribution in [0.4, 0.5) is 0 Å². The Bertz CT molecular complexity index is 488. The van der Waals surface area contributed by atoms with Gasteiger partial charge in [-0.05, 0) is 36.9 Å². The molecule has 0 saturated carbocycles. The lowest BCUT2D eigenvalue weighted by molar-refractivity contribution is -0.133. The van der Waals surface area contributed by atoms with Gasteiger partial charge < -0.3 is 10.6 Å². The highest BCUT2D eigenvalue weighted by Crippen LogP contribution is 2.19. The number of likely N-dealkylation sites (tertiary alicyclic amines) is 1. The topological polar surface area (TPSA) is 49.6 Å². The lowest BCUT2D eigenvalue weighted by Crippen LogP contribution is -2.48. The minimum atomic E-state index is 0.235. The zero-order valence-corrected chi connectivity index (χ0v) is 11.9. The van der Waals surface area contributed by atoms with Crippen LogP contribution in [0.1, 0.15) is 24.0 Å². The molecule has 2 N–H and O–H groups in total. The summed E-state index contributed by atoms with van der Waals surface area (Å²) in [5.41, 5.74) is 8.66. The maximum atomic E-state index is 12.4. The molecule has 1 saturated heterocycles. The molecule has 2 heterocycles. The van der Waals surface area contributed by atoms with E-state index in [9.17, 15) is 4.79 Å². The molecule has 4 heteroatoms. The zero-order chi connectivity index (χ0) is 13.9. The fourth-order valence-corrected chi connectivity index (χ4v) is 3.23. The molecule has 0 spiro atoms. The van der Waals surface area contributed by atoms with E-state index < -0.39 is 0 Å². The molecule has 20 heavy (non-hydrogen) atoms. The second kappa shape index (κ2) is 5.94. The summed E-state index contributed by atoms with van der Waals surface area (Å²) in [5.74, 6) is 0.244. The van der Waals surface area contributed by atoms with Gasteiger partial charge in [0.05, 0.1) is 6.54 Å². The van der Waals surface area contributed by atoms with Crippen molar-refractivity contribution in [1.82, 2.24) is 9.80 Å². The van der Waals surface area contributed by atoms with Crippen LogP contribution in [0.2, 0.25) is 0 Å². The van der Waals surface area contributed by atoms with Crippen molar-refractivity contribution >= 4 is 5.91 Å². The van der Waals surface area contributed by atoms with Crippen molar-refractivity contribution in [2.45, 2.75) is 31.8 Å². The van der Waals surface area contributed by atoms with Gasteiger partial charge in [0.25, 0.3) is 0 Å². The van der Waals surface area contributed by atoms with Gasteiger partial charge in [-0.15, -0.1) is 0 Å². The van der Waals surface area contributed by atoms with Gasteiger partial charge in [0.2, 0.25) is 5.91 Å². The molecule has 1 aromatic carbocycles. The summed E-state index contributed by atoms with van der Waals surface area (Å²) >= 11 is 0. The summed E-state index contributed by atoms with van der Waals surface area (Å²) in [4.78, 5) is 16.6. The van der Waals surface area contributed by atoms with Crippen molar-refractivity contribution in [2.75, 3.05) is 26.2 Å². The third-order valence-corrected chi connectivity index (χ3v) is 4.38. The molecule has 1 fully saturated rings. The predicted molar refractivity (Wildman–Crippen MR) is 79.2 cm³/mol. The molecule has 0 bridgehead atoms. The Hall–Kier alpha value is -1.39. The lowest BCUT2D eigenvalue weighted by Gasteiger charge is -2.34. The Morgan fingerprint density at radius 1 is 1.25 bits per heavy atom. The van der Waals surface area contributed by atoms with E-state index in [1.165, 1.54) is 11.1 Å². The minimum Gasteiger partial charge on any atom is -0.337 e. The summed E-state index contributed by atoms with van der Waals surface area (Å²) in [5, 5.41) is 0. The fourth-order valence-electron chi connectivity index (χ4n) is 3.23. The quantitative estimate of drug-likeness (QED) is 0.874. The molecule has 3 rings (SSSR count). The molecular formula is C16H23N3O. The number of hydrogen-bond donors (Lipinski definition) is 1. The number of hydrogen-bond acceptors (Lipinski definition) is 3. The number of rotatable bonds is 2. The molecular weight excluding hydrogens is 250 g/mol. The number of carbonyl (C=O) groups is 1. The zero-order valence-electron chi connectivity index (χ0n) is 11.9. The molecule has 0 aliphatic carbocycles. The van der Waals surface area contributed by atoms with Crippen LogP contribution >= 0.6 is 0 Å². The molecule has 0 unspecified atom stereocenters. The smallest absolute Gasteiger partial charge is 0.237 e. The van der Waals surface area contributed by atoms with Crippen LogP contribution < -0.4 is 5.73 Å². The Balaban J connectivity index is 1.59. The fraction of sp³-hybridized carbons (Fsp3) is 0.562. The molecule has 4 nitrogen and oxygen atoms in total. The summed E-state index contributed by atoms with van der Waals surface area (Å²) < 4.78 is 0. The number of piperidine rings is 1. The molecule has 0 aromatic heterocycles. The second-order valence-corrected chi connectivity index (χ2v) is 5.97. The van der Waals surface area contributed by atoms with E-state index in [1.54, 1.807) is 0 Å². The average molecular weight is 273 g/mol. The normalized spacial score (nSPS) is 23.4. The van der Waals surface area contributed by atoms with Crippen molar-refractivity contribution in [2.24, 2.45) is 5.73 Å². The van der Waals surface area contributed by atoms with Gasteiger partial charge in [0.1, 0.15) is 0 Å². The van der Waals surface area contributed by atoms with E-state index in [1.807, 2.05) is 4.90 Å². The van der Waals surface area contributed by atoms with Crippen molar-refractivity contribution in [3.63, 3.8) is 0 Å². The van der Waals surface area contributed by atoms with Crippen LogP contribution in [-0.4, -0.2) is 47.9 Å². The summed E-state index contributed by atoms with van der Waals surface area (Å²) in [6.45, 7) is 3.99. The van der Waals surface area contributed by atoms with Crippen LogP contribution in [0.25, 0.3) is 0 Å². The minimum absolute atomic E-state index is 0.235. The largest absolute Gasteiger partial charge is 0.337 e.